The molecule has 0 aliphatic rings. The first-order valence-corrected chi connectivity index (χ1v) is 11.7. The van der Waals surface area contributed by atoms with Crippen molar-refractivity contribution in [2.75, 3.05) is 6.61 Å². The predicted molar refractivity (Wildman–Crippen MR) is 123 cm³/mol. The van der Waals surface area contributed by atoms with Crippen LogP contribution in [0.2, 0.25) is 0 Å². The molecule has 2 aromatic carbocycles. The van der Waals surface area contributed by atoms with Crippen LogP contribution in [0.4, 0.5) is 0 Å². The number of aromatic nitrogens is 3. The van der Waals surface area contributed by atoms with Crippen molar-refractivity contribution < 1.29 is 9.53 Å². The van der Waals surface area contributed by atoms with Gasteiger partial charge in [-0.3, -0.25) is 0 Å². The van der Waals surface area contributed by atoms with Gasteiger partial charge in [0.25, 0.3) is 0 Å². The molecule has 3 aromatic rings. The second-order valence-electron chi connectivity index (χ2n) is 6.61. The standard InChI is InChI=1S/C23H25N3O2S2/c1-4-14-26-21(16-29-20-12-6-17(3)7-13-20)24-25-23(26)30-15-18-8-10-19(11-9-18)22(27)28-5-2/h4,6-13H,1,5,14-16H2,2-3H3. The van der Waals surface area contributed by atoms with Gasteiger partial charge in [-0.05, 0) is 43.7 Å². The Morgan fingerprint density at radius 3 is 2.47 bits per heavy atom. The molecule has 0 fully saturated rings. The van der Waals surface area contributed by atoms with Gasteiger partial charge in [-0.25, -0.2) is 4.79 Å². The topological polar surface area (TPSA) is 57.0 Å². The van der Waals surface area contributed by atoms with Gasteiger partial charge in [0.05, 0.1) is 17.9 Å². The monoisotopic (exact) mass is 439 g/mol. The Labute approximate surface area is 185 Å². The molecule has 0 saturated heterocycles. The number of carbonyl (C=O) groups excluding carboxylic acids is 1. The first-order valence-electron chi connectivity index (χ1n) is 9.72. The number of hydrogen-bond donors (Lipinski definition) is 0. The molecule has 3 rings (SSSR count). The summed E-state index contributed by atoms with van der Waals surface area (Å²) in [6.07, 6.45) is 1.86. The number of carbonyl (C=O) groups is 1. The first-order chi connectivity index (χ1) is 14.6. The van der Waals surface area contributed by atoms with Crippen LogP contribution < -0.4 is 0 Å². The van der Waals surface area contributed by atoms with Gasteiger partial charge in [-0.1, -0.05) is 47.7 Å². The highest BCUT2D eigenvalue weighted by molar-refractivity contribution is 7.98. The third kappa shape index (κ3) is 6.00. The summed E-state index contributed by atoms with van der Waals surface area (Å²) < 4.78 is 7.13. The minimum atomic E-state index is -0.293. The van der Waals surface area contributed by atoms with E-state index in [9.17, 15) is 4.79 Å². The molecule has 30 heavy (non-hydrogen) atoms. The van der Waals surface area contributed by atoms with Crippen LogP contribution in [0.25, 0.3) is 0 Å². The molecule has 0 aliphatic carbocycles. The average Bonchev–Trinajstić information content (AvgIpc) is 3.14. The smallest absolute Gasteiger partial charge is 0.338 e. The Bertz CT molecular complexity index is 983. The zero-order chi connectivity index (χ0) is 21.3. The van der Waals surface area contributed by atoms with E-state index < -0.39 is 0 Å². The molecule has 0 spiro atoms. The van der Waals surface area contributed by atoms with Gasteiger partial charge in [0.15, 0.2) is 5.16 Å². The van der Waals surface area contributed by atoms with Crippen LogP contribution in [0.5, 0.6) is 0 Å². The van der Waals surface area contributed by atoms with Crippen molar-refractivity contribution in [3.63, 3.8) is 0 Å². The minimum Gasteiger partial charge on any atom is -0.462 e. The van der Waals surface area contributed by atoms with Crippen LogP contribution in [0.3, 0.4) is 0 Å². The van der Waals surface area contributed by atoms with Gasteiger partial charge in [-0.2, -0.15) is 0 Å². The van der Waals surface area contributed by atoms with Crippen molar-refractivity contribution in [2.24, 2.45) is 0 Å². The van der Waals surface area contributed by atoms with Crippen molar-refractivity contribution in [2.45, 2.75) is 41.9 Å². The van der Waals surface area contributed by atoms with Crippen molar-refractivity contribution >= 4 is 29.5 Å². The van der Waals surface area contributed by atoms with E-state index in [1.165, 1.54) is 10.5 Å². The van der Waals surface area contributed by atoms with E-state index in [0.29, 0.717) is 18.7 Å². The summed E-state index contributed by atoms with van der Waals surface area (Å²) in [4.78, 5) is 13.0. The summed E-state index contributed by atoms with van der Waals surface area (Å²) in [5.74, 6) is 2.13. The molecule has 1 aromatic heterocycles. The zero-order valence-electron chi connectivity index (χ0n) is 17.2. The van der Waals surface area contributed by atoms with E-state index >= 15 is 0 Å². The number of nitrogens with zero attached hydrogens (tertiary/aromatic N) is 3. The number of allylic oxidation sites excluding steroid dienone is 1. The van der Waals surface area contributed by atoms with Crippen LogP contribution in [-0.2, 0) is 22.8 Å². The van der Waals surface area contributed by atoms with Gasteiger partial charge < -0.3 is 9.30 Å². The minimum absolute atomic E-state index is 0.293. The molecule has 0 saturated carbocycles. The van der Waals surface area contributed by atoms with Crippen LogP contribution in [0.1, 0.15) is 34.2 Å². The predicted octanol–water partition coefficient (Wildman–Crippen LogP) is 5.53. The maximum absolute atomic E-state index is 11.8. The van der Waals surface area contributed by atoms with E-state index in [0.717, 1.165) is 28.0 Å². The fourth-order valence-electron chi connectivity index (χ4n) is 2.73. The lowest BCUT2D eigenvalue weighted by molar-refractivity contribution is 0.0526. The van der Waals surface area contributed by atoms with Crippen LogP contribution >= 0.6 is 23.5 Å². The quantitative estimate of drug-likeness (QED) is 0.235. The molecule has 156 valence electrons. The SMILES string of the molecule is C=CCn1c(CSc2ccc(C)cc2)nnc1SCc1ccc(C(=O)OCC)cc1. The normalized spacial score (nSPS) is 10.7. The average molecular weight is 440 g/mol. The maximum atomic E-state index is 11.8. The third-order valence-electron chi connectivity index (χ3n) is 4.33. The molecule has 0 unspecified atom stereocenters. The van der Waals surface area contributed by atoms with Gasteiger partial charge in [-0.15, -0.1) is 28.5 Å². The third-order valence-corrected chi connectivity index (χ3v) is 6.37. The highest BCUT2D eigenvalue weighted by atomic mass is 32.2. The van der Waals surface area contributed by atoms with E-state index in [1.807, 2.05) is 18.2 Å². The lowest BCUT2D eigenvalue weighted by atomic mass is 10.1. The Balaban J connectivity index is 1.63. The summed E-state index contributed by atoms with van der Waals surface area (Å²) in [5.41, 5.74) is 2.93. The molecule has 0 radical (unpaired) electrons. The Hall–Kier alpha value is -2.51. The van der Waals surface area contributed by atoms with Crippen LogP contribution in [0, 0.1) is 6.92 Å². The number of aryl methyl sites for hydroxylation is 1. The van der Waals surface area contributed by atoms with E-state index in [-0.39, 0.29) is 5.97 Å². The van der Waals surface area contributed by atoms with Crippen LogP contribution in [0.15, 0.2) is 71.2 Å². The highest BCUT2D eigenvalue weighted by Crippen LogP contribution is 2.26. The lowest BCUT2D eigenvalue weighted by Crippen LogP contribution is -2.04. The number of esters is 1. The van der Waals surface area contributed by atoms with E-state index in [1.54, 1.807) is 42.6 Å². The number of rotatable bonds is 10. The van der Waals surface area contributed by atoms with Crippen molar-refractivity contribution in [1.29, 1.82) is 0 Å². The molecule has 0 N–H and O–H groups in total. The van der Waals surface area contributed by atoms with Gasteiger partial charge in [0, 0.05) is 17.2 Å². The zero-order valence-corrected chi connectivity index (χ0v) is 18.8. The van der Waals surface area contributed by atoms with Gasteiger partial charge >= 0.3 is 5.97 Å². The summed E-state index contributed by atoms with van der Waals surface area (Å²) in [6, 6.07) is 16.0. The Morgan fingerprint density at radius 1 is 1.07 bits per heavy atom. The lowest BCUT2D eigenvalue weighted by Gasteiger charge is -2.08. The fraction of sp³-hybridized carbons (Fsp3) is 0.261. The van der Waals surface area contributed by atoms with E-state index in [2.05, 4.69) is 52.5 Å². The van der Waals surface area contributed by atoms with Crippen molar-refractivity contribution in [3.8, 4) is 0 Å². The largest absolute Gasteiger partial charge is 0.462 e. The fourth-order valence-corrected chi connectivity index (χ4v) is 4.49. The van der Waals surface area contributed by atoms with Gasteiger partial charge in [0.2, 0.25) is 0 Å². The summed E-state index contributed by atoms with van der Waals surface area (Å²) >= 11 is 3.37. The second-order valence-corrected chi connectivity index (χ2v) is 8.60. The molecular formula is C23H25N3O2S2. The maximum Gasteiger partial charge on any atom is 0.338 e. The number of ether oxygens (including phenoxy) is 1. The molecule has 0 atom stereocenters. The summed E-state index contributed by atoms with van der Waals surface area (Å²) in [6.45, 7) is 8.80. The first kappa shape index (κ1) is 22.2. The van der Waals surface area contributed by atoms with Gasteiger partial charge in [0.1, 0.15) is 5.82 Å². The molecule has 1 heterocycles. The number of hydrogen-bond acceptors (Lipinski definition) is 6. The number of thioether (sulfide) groups is 2. The Kier molecular flexibility index (Phi) is 8.16. The molecule has 0 amide bonds. The van der Waals surface area contributed by atoms with Crippen molar-refractivity contribution in [3.05, 3.63) is 83.7 Å². The summed E-state index contributed by atoms with van der Waals surface area (Å²) in [5, 5.41) is 9.65. The van der Waals surface area contributed by atoms with E-state index in [4.69, 9.17) is 4.74 Å². The van der Waals surface area contributed by atoms with Crippen molar-refractivity contribution in [1.82, 2.24) is 14.8 Å². The van der Waals surface area contributed by atoms with Crippen LogP contribution in [-0.4, -0.2) is 27.3 Å². The molecule has 7 heteroatoms. The summed E-state index contributed by atoms with van der Waals surface area (Å²) in [7, 11) is 0. The molecule has 0 bridgehead atoms. The number of benzene rings is 2. The Morgan fingerprint density at radius 2 is 1.80 bits per heavy atom. The molecule has 5 nitrogen and oxygen atoms in total. The highest BCUT2D eigenvalue weighted by Gasteiger charge is 2.13. The molecular weight excluding hydrogens is 414 g/mol. The second kappa shape index (κ2) is 11.0. The molecule has 0 aliphatic heterocycles.